The van der Waals surface area contributed by atoms with Crippen LogP contribution in [0.25, 0.3) is 55.3 Å². The molecule has 202 valence electrons. The van der Waals surface area contributed by atoms with Crippen LogP contribution in [0.1, 0.15) is 32.1 Å². The molecule has 0 bridgehead atoms. The highest BCUT2D eigenvalue weighted by molar-refractivity contribution is 7.14. The number of nitrogens with zero attached hydrogens (tertiary/aromatic N) is 5. The highest BCUT2D eigenvalue weighted by atomic mass is 32.1. The van der Waals surface area contributed by atoms with Gasteiger partial charge in [-0.2, -0.15) is 9.49 Å². The minimum Gasteiger partial charge on any atom is -0.374 e. The van der Waals surface area contributed by atoms with Crippen LogP contribution in [0.4, 0.5) is 14.5 Å². The Morgan fingerprint density at radius 1 is 1.00 bits per heavy atom. The van der Waals surface area contributed by atoms with Crippen molar-refractivity contribution < 1.29 is 13.9 Å². The van der Waals surface area contributed by atoms with Gasteiger partial charge in [-0.25, -0.2) is 19.3 Å². The van der Waals surface area contributed by atoms with Gasteiger partial charge in [-0.1, -0.05) is 19.3 Å². The number of pyridine rings is 3. The van der Waals surface area contributed by atoms with E-state index in [9.17, 15) is 9.50 Å². The molecule has 12 heteroatoms. The van der Waals surface area contributed by atoms with Crippen LogP contribution in [0.2, 0.25) is 0 Å². The van der Waals surface area contributed by atoms with E-state index in [4.69, 9.17) is 0 Å². The van der Waals surface area contributed by atoms with E-state index in [-0.39, 0.29) is 27.6 Å². The summed E-state index contributed by atoms with van der Waals surface area (Å²) in [6, 6.07) is 6.63. The molecule has 1 atom stereocenters. The quantitative estimate of drug-likeness (QED) is 0.177. The lowest BCUT2D eigenvalue weighted by atomic mass is 9.88. The summed E-state index contributed by atoms with van der Waals surface area (Å²) in [5.74, 6) is -0.0238. The average Bonchev–Trinajstić information content (AvgIpc) is 3.72. The van der Waals surface area contributed by atoms with Gasteiger partial charge in [-0.15, -0.1) is 11.3 Å². The highest BCUT2D eigenvalue weighted by Crippen LogP contribution is 2.36. The Bertz CT molecular complexity index is 1840. The van der Waals surface area contributed by atoms with Crippen molar-refractivity contribution in [3.63, 3.8) is 0 Å². The molecule has 0 aliphatic heterocycles. The number of anilines is 1. The molecule has 40 heavy (non-hydrogen) atoms. The Kier molecular flexibility index (Phi) is 6.20. The second kappa shape index (κ2) is 10.0. The predicted molar refractivity (Wildman–Crippen MR) is 149 cm³/mol. The molecular weight excluding hydrogens is 534 g/mol. The van der Waals surface area contributed by atoms with E-state index < -0.39 is 12.0 Å². The van der Waals surface area contributed by atoms with E-state index >= 15 is 4.39 Å². The van der Waals surface area contributed by atoms with Gasteiger partial charge in [0.1, 0.15) is 17.7 Å². The Balaban J connectivity index is 1.26. The van der Waals surface area contributed by atoms with Gasteiger partial charge in [-0.3, -0.25) is 10.1 Å². The van der Waals surface area contributed by atoms with Crippen molar-refractivity contribution in [1.29, 1.82) is 0 Å². The monoisotopic (exact) mass is 558 g/mol. The number of aromatic amines is 2. The highest BCUT2D eigenvalue weighted by Gasteiger charge is 2.23. The number of H-pyrrole nitrogens is 2. The smallest absolute Gasteiger partial charge is 0.184 e. The molecule has 6 heterocycles. The summed E-state index contributed by atoms with van der Waals surface area (Å²) in [5, 5.41) is 20.8. The van der Waals surface area contributed by atoms with Gasteiger partial charge in [0, 0.05) is 46.1 Å². The lowest BCUT2D eigenvalue weighted by Gasteiger charge is -2.27. The van der Waals surface area contributed by atoms with Gasteiger partial charge >= 0.3 is 0 Å². The lowest BCUT2D eigenvalue weighted by molar-refractivity contribution is 0.109. The molecule has 0 saturated heterocycles. The number of thiophene rings is 1. The second-order valence-electron chi connectivity index (χ2n) is 9.98. The van der Waals surface area contributed by atoms with Gasteiger partial charge in [0.15, 0.2) is 22.2 Å². The van der Waals surface area contributed by atoms with Crippen LogP contribution in [0, 0.1) is 16.9 Å². The summed E-state index contributed by atoms with van der Waals surface area (Å²) in [5.41, 5.74) is 3.61. The lowest BCUT2D eigenvalue weighted by Crippen LogP contribution is -2.30. The van der Waals surface area contributed by atoms with E-state index in [0.717, 1.165) is 47.5 Å². The minimum absolute atomic E-state index is 0.167. The third kappa shape index (κ3) is 4.38. The third-order valence-corrected chi connectivity index (χ3v) is 8.35. The van der Waals surface area contributed by atoms with E-state index in [1.807, 2.05) is 0 Å². The van der Waals surface area contributed by atoms with Crippen molar-refractivity contribution in [3.8, 4) is 33.1 Å². The van der Waals surface area contributed by atoms with Crippen LogP contribution in [-0.2, 0) is 0 Å². The Hall–Kier alpha value is -4.29. The molecule has 1 unspecified atom stereocenters. The Morgan fingerprint density at radius 3 is 2.70 bits per heavy atom. The van der Waals surface area contributed by atoms with E-state index in [1.165, 1.54) is 18.7 Å². The van der Waals surface area contributed by atoms with Crippen molar-refractivity contribution in [2.24, 2.45) is 5.92 Å². The summed E-state index contributed by atoms with van der Waals surface area (Å²) in [6.07, 6.45) is 10.9. The number of halogens is 2. The number of imidazole rings is 1. The van der Waals surface area contributed by atoms with E-state index in [0.29, 0.717) is 33.9 Å². The van der Waals surface area contributed by atoms with Crippen LogP contribution in [0.5, 0.6) is 0 Å². The number of nitrogens with one attached hydrogen (secondary N) is 3. The van der Waals surface area contributed by atoms with Gasteiger partial charge in [0.05, 0.1) is 22.8 Å². The molecule has 0 aromatic carbocycles. The van der Waals surface area contributed by atoms with E-state index in [1.54, 1.807) is 36.8 Å². The minimum atomic E-state index is -0.694. The number of aliphatic hydroxyl groups is 1. The van der Waals surface area contributed by atoms with Crippen LogP contribution in [0.3, 0.4) is 0 Å². The van der Waals surface area contributed by atoms with Crippen LogP contribution < -0.4 is 5.32 Å². The molecule has 1 aliphatic carbocycles. The van der Waals surface area contributed by atoms with Crippen molar-refractivity contribution >= 4 is 39.2 Å². The first-order valence-electron chi connectivity index (χ1n) is 13.1. The Morgan fingerprint density at radius 2 is 1.88 bits per heavy atom. The fraction of sp³-hybridized carbons (Fsp3) is 0.250. The molecular formula is C28H24F2N8OS. The molecule has 6 aromatic heterocycles. The first-order chi connectivity index (χ1) is 19.5. The topological polar surface area (TPSA) is 128 Å². The van der Waals surface area contributed by atoms with Crippen molar-refractivity contribution in [2.75, 3.05) is 5.32 Å². The Labute approximate surface area is 230 Å². The second-order valence-corrected chi connectivity index (χ2v) is 11.0. The molecule has 4 N–H and O–H groups in total. The van der Waals surface area contributed by atoms with Gasteiger partial charge in [0.2, 0.25) is 0 Å². The molecule has 1 fully saturated rings. The normalized spacial score (nSPS) is 15.2. The first kappa shape index (κ1) is 24.7. The van der Waals surface area contributed by atoms with Crippen molar-refractivity contribution in [1.82, 2.24) is 35.1 Å². The van der Waals surface area contributed by atoms with Crippen LogP contribution in [0.15, 0.2) is 49.1 Å². The number of hydrogen-bond acceptors (Lipinski definition) is 8. The van der Waals surface area contributed by atoms with Gasteiger partial charge in [-0.05, 0) is 37.1 Å². The standard InChI is InChI=1S/C28H24F2N8OS/c29-20-7-6-19(40-20)17-8-9-32-26-23(17)35-27(36-26)24-21-22(30)18(13-33-25(21)38-37-24)15-10-16(12-31-11-15)34-28(39)14-4-2-1-3-5-14/h6-14,28,34,39H,1-5H2,(H,32,35,36)(H,33,37,38). The van der Waals surface area contributed by atoms with Crippen molar-refractivity contribution in [2.45, 2.75) is 38.3 Å². The average molecular weight is 559 g/mol. The summed E-state index contributed by atoms with van der Waals surface area (Å²) in [7, 11) is 0. The molecule has 0 amide bonds. The number of fused-ring (bicyclic) bond motifs is 2. The maximum absolute atomic E-state index is 16.1. The maximum Gasteiger partial charge on any atom is 0.184 e. The molecule has 0 spiro atoms. The largest absolute Gasteiger partial charge is 0.374 e. The maximum atomic E-state index is 16.1. The summed E-state index contributed by atoms with van der Waals surface area (Å²) in [4.78, 5) is 21.5. The molecule has 6 aromatic rings. The van der Waals surface area contributed by atoms with Crippen LogP contribution >= 0.6 is 11.3 Å². The third-order valence-electron chi connectivity index (χ3n) is 7.45. The molecule has 7 rings (SSSR count). The first-order valence-corrected chi connectivity index (χ1v) is 13.9. The SMILES string of the molecule is OC(Nc1cncc(-c2cnc3n[nH]c(-c4nc5nccc(-c6ccc(F)s6)c5[nH]4)c3c2F)c1)C1CCCCC1. The van der Waals surface area contributed by atoms with Crippen LogP contribution in [-0.4, -0.2) is 46.5 Å². The number of rotatable bonds is 6. The summed E-state index contributed by atoms with van der Waals surface area (Å²) in [6.45, 7) is 0. The van der Waals surface area contributed by atoms with Gasteiger partial charge in [0.25, 0.3) is 0 Å². The number of hydrogen-bond donors (Lipinski definition) is 4. The molecule has 9 nitrogen and oxygen atoms in total. The summed E-state index contributed by atoms with van der Waals surface area (Å²) >= 11 is 1.02. The zero-order valence-corrected chi connectivity index (χ0v) is 22.0. The molecule has 0 radical (unpaired) electrons. The van der Waals surface area contributed by atoms with Gasteiger partial charge < -0.3 is 15.4 Å². The fourth-order valence-electron chi connectivity index (χ4n) is 5.42. The zero-order valence-electron chi connectivity index (χ0n) is 21.2. The molecule has 1 saturated carbocycles. The van der Waals surface area contributed by atoms with E-state index in [2.05, 4.69) is 40.4 Å². The number of aromatic nitrogens is 7. The summed E-state index contributed by atoms with van der Waals surface area (Å²) < 4.78 is 29.8. The number of aliphatic hydroxyl groups excluding tert-OH is 1. The van der Waals surface area contributed by atoms with Crippen molar-refractivity contribution in [3.05, 3.63) is 60.0 Å². The zero-order chi connectivity index (χ0) is 27.2. The molecule has 1 aliphatic rings. The fourth-order valence-corrected chi connectivity index (χ4v) is 6.18. The predicted octanol–water partition coefficient (Wildman–Crippen LogP) is 6.28.